The zero-order valence-electron chi connectivity index (χ0n) is 9.65. The summed E-state index contributed by atoms with van der Waals surface area (Å²) in [6, 6.07) is 3.90. The van der Waals surface area contributed by atoms with Crippen LogP contribution in [0.4, 0.5) is 3.89 Å². The normalized spacial score (nSPS) is 20.1. The van der Waals surface area contributed by atoms with Gasteiger partial charge < -0.3 is 4.90 Å². The Morgan fingerprint density at radius 1 is 1.56 bits per heavy atom. The van der Waals surface area contributed by atoms with Crippen LogP contribution in [0.25, 0.3) is 0 Å². The van der Waals surface area contributed by atoms with Crippen LogP contribution in [0, 0.1) is 0 Å². The highest BCUT2D eigenvalue weighted by molar-refractivity contribution is 7.94. The summed E-state index contributed by atoms with van der Waals surface area (Å²) < 4.78 is 13.8. The summed E-state index contributed by atoms with van der Waals surface area (Å²) in [5.74, 6) is 0.251. The summed E-state index contributed by atoms with van der Waals surface area (Å²) in [7, 11) is 2.10. The first kappa shape index (κ1) is 12.9. The van der Waals surface area contributed by atoms with Crippen molar-refractivity contribution in [3.05, 3.63) is 37.2 Å². The van der Waals surface area contributed by atoms with Gasteiger partial charge in [0.15, 0.2) is 0 Å². The molecule has 18 heavy (non-hydrogen) atoms. The van der Waals surface area contributed by atoms with Crippen LogP contribution >= 0.6 is 46.4 Å². The summed E-state index contributed by atoms with van der Waals surface area (Å²) in [4.78, 5) is 5.44. The summed E-state index contributed by atoms with van der Waals surface area (Å²) in [5.41, 5.74) is 1.28. The van der Waals surface area contributed by atoms with Crippen molar-refractivity contribution in [3.8, 4) is 0 Å². The number of rotatable bonds is 2. The number of hydrogen-bond donors (Lipinski definition) is 0. The minimum Gasteiger partial charge on any atom is -0.300 e. The summed E-state index contributed by atoms with van der Waals surface area (Å²) in [6.45, 7) is 1.86. The molecule has 1 aliphatic rings. The van der Waals surface area contributed by atoms with Crippen molar-refractivity contribution in [1.82, 2.24) is 4.90 Å². The molecule has 2 aromatic heterocycles. The lowest BCUT2D eigenvalue weighted by atomic mass is 9.94. The zero-order valence-corrected chi connectivity index (χ0v) is 12.9. The topological polar surface area (TPSA) is 3.24 Å². The third-order valence-electron chi connectivity index (χ3n) is 3.15. The van der Waals surface area contributed by atoms with E-state index in [0.29, 0.717) is 12.1 Å². The van der Waals surface area contributed by atoms with Crippen LogP contribution in [0.3, 0.4) is 0 Å². The SMILES string of the molecule is CN1Cc2sc(Cl)cc2C(c2sccc2SF)C1. The van der Waals surface area contributed by atoms with Crippen molar-refractivity contribution in [2.45, 2.75) is 17.4 Å². The molecule has 3 rings (SSSR count). The predicted octanol–water partition coefficient (Wildman–Crippen LogP) is 5.02. The molecule has 0 saturated heterocycles. The van der Waals surface area contributed by atoms with Gasteiger partial charge in [0.25, 0.3) is 0 Å². The van der Waals surface area contributed by atoms with Crippen molar-refractivity contribution in [1.29, 1.82) is 0 Å². The quantitative estimate of drug-likeness (QED) is 0.765. The van der Waals surface area contributed by atoms with Crippen LogP contribution < -0.4 is 0 Å². The van der Waals surface area contributed by atoms with Crippen LogP contribution in [0.1, 0.15) is 21.2 Å². The molecule has 1 aliphatic heterocycles. The maximum absolute atomic E-state index is 12.9. The molecule has 0 saturated carbocycles. The first-order chi connectivity index (χ1) is 8.69. The van der Waals surface area contributed by atoms with Gasteiger partial charge in [0.1, 0.15) is 0 Å². The second kappa shape index (κ2) is 5.13. The lowest BCUT2D eigenvalue weighted by Gasteiger charge is -2.29. The van der Waals surface area contributed by atoms with E-state index in [0.717, 1.165) is 27.2 Å². The van der Waals surface area contributed by atoms with E-state index in [1.54, 1.807) is 22.7 Å². The Morgan fingerprint density at radius 3 is 3.17 bits per heavy atom. The molecule has 6 heteroatoms. The van der Waals surface area contributed by atoms with Crippen molar-refractivity contribution >= 4 is 46.4 Å². The molecular weight excluding hydrogens is 309 g/mol. The van der Waals surface area contributed by atoms with Crippen LogP contribution in [-0.2, 0) is 6.54 Å². The Hall–Kier alpha value is -0.0700. The highest BCUT2D eigenvalue weighted by atomic mass is 35.5. The standard InChI is InChI=1S/C12H11ClFNS3/c1-15-5-8(12-9(18-14)2-3-16-12)7-4-11(13)17-10(7)6-15/h2-4,8H,5-6H2,1H3. The molecule has 0 aromatic carbocycles. The minimum atomic E-state index is 0.251. The van der Waals surface area contributed by atoms with Crippen molar-refractivity contribution in [3.63, 3.8) is 0 Å². The van der Waals surface area contributed by atoms with E-state index in [-0.39, 0.29) is 5.92 Å². The van der Waals surface area contributed by atoms with Gasteiger partial charge in [0.05, 0.1) is 21.4 Å². The zero-order chi connectivity index (χ0) is 12.7. The fourth-order valence-corrected chi connectivity index (χ4v) is 5.38. The molecule has 0 amide bonds. The largest absolute Gasteiger partial charge is 0.300 e. The number of halogens is 2. The average molecular weight is 320 g/mol. The lowest BCUT2D eigenvalue weighted by molar-refractivity contribution is 0.299. The highest BCUT2D eigenvalue weighted by Gasteiger charge is 2.29. The molecular formula is C12H11ClFNS3. The van der Waals surface area contributed by atoms with Gasteiger partial charge in [0.2, 0.25) is 0 Å². The van der Waals surface area contributed by atoms with Gasteiger partial charge in [-0.2, -0.15) is 3.89 Å². The van der Waals surface area contributed by atoms with Crippen molar-refractivity contribution < 1.29 is 3.89 Å². The number of fused-ring (bicyclic) bond motifs is 1. The van der Waals surface area contributed by atoms with E-state index >= 15 is 0 Å². The number of likely N-dealkylation sites (N-methyl/N-ethyl adjacent to an activating group) is 1. The maximum atomic E-state index is 12.9. The first-order valence-corrected chi connectivity index (χ1v) is 8.30. The average Bonchev–Trinajstić information content (AvgIpc) is 2.92. The van der Waals surface area contributed by atoms with Crippen LogP contribution in [-0.4, -0.2) is 18.5 Å². The summed E-state index contributed by atoms with van der Waals surface area (Å²) in [6.07, 6.45) is 0. The summed E-state index contributed by atoms with van der Waals surface area (Å²) in [5, 5.41) is 1.96. The molecule has 0 fully saturated rings. The third kappa shape index (κ3) is 2.23. The van der Waals surface area contributed by atoms with Crippen molar-refractivity contribution in [2.75, 3.05) is 13.6 Å². The molecule has 2 aromatic rings. The van der Waals surface area contributed by atoms with Gasteiger partial charge in [0, 0.05) is 28.8 Å². The third-order valence-corrected chi connectivity index (χ3v) is 6.10. The molecule has 1 unspecified atom stereocenters. The lowest BCUT2D eigenvalue weighted by Crippen LogP contribution is -2.29. The Labute approximate surface area is 123 Å². The molecule has 0 spiro atoms. The molecule has 0 aliphatic carbocycles. The van der Waals surface area contributed by atoms with E-state index in [4.69, 9.17) is 11.6 Å². The van der Waals surface area contributed by atoms with E-state index in [9.17, 15) is 3.89 Å². The van der Waals surface area contributed by atoms with Gasteiger partial charge in [-0.05, 0) is 30.1 Å². The van der Waals surface area contributed by atoms with Gasteiger partial charge in [-0.1, -0.05) is 11.6 Å². The Morgan fingerprint density at radius 2 is 2.39 bits per heavy atom. The second-order valence-corrected chi connectivity index (χ2v) is 7.71. The molecule has 1 atom stereocenters. The van der Waals surface area contributed by atoms with Crippen LogP contribution in [0.2, 0.25) is 4.34 Å². The fraction of sp³-hybridized carbons (Fsp3) is 0.333. The predicted molar refractivity (Wildman–Crippen MR) is 78.8 cm³/mol. The van der Waals surface area contributed by atoms with Crippen LogP contribution in [0.15, 0.2) is 22.4 Å². The number of nitrogens with zero attached hydrogens (tertiary/aromatic N) is 1. The highest BCUT2D eigenvalue weighted by Crippen LogP contribution is 2.44. The molecule has 0 bridgehead atoms. The smallest absolute Gasteiger partial charge is 0.0934 e. The Balaban J connectivity index is 2.07. The number of hydrogen-bond acceptors (Lipinski definition) is 4. The van der Waals surface area contributed by atoms with E-state index in [2.05, 4.69) is 11.9 Å². The van der Waals surface area contributed by atoms with Gasteiger partial charge >= 0.3 is 0 Å². The molecule has 0 radical (unpaired) electrons. The molecule has 1 nitrogen and oxygen atoms in total. The molecule has 0 N–H and O–H groups in total. The fourth-order valence-electron chi connectivity index (χ4n) is 2.40. The van der Waals surface area contributed by atoms with E-state index in [1.165, 1.54) is 10.4 Å². The second-order valence-electron chi connectivity index (χ2n) is 4.40. The maximum Gasteiger partial charge on any atom is 0.0934 e. The first-order valence-electron chi connectivity index (χ1n) is 5.51. The minimum absolute atomic E-state index is 0.251. The van der Waals surface area contributed by atoms with E-state index in [1.807, 2.05) is 17.5 Å². The van der Waals surface area contributed by atoms with Gasteiger partial charge in [-0.25, -0.2) is 0 Å². The van der Waals surface area contributed by atoms with Crippen molar-refractivity contribution in [2.24, 2.45) is 0 Å². The number of thiophene rings is 2. The monoisotopic (exact) mass is 319 g/mol. The van der Waals surface area contributed by atoms with Gasteiger partial charge in [-0.3, -0.25) is 0 Å². The van der Waals surface area contributed by atoms with Crippen LogP contribution in [0.5, 0.6) is 0 Å². The van der Waals surface area contributed by atoms with E-state index < -0.39 is 0 Å². The summed E-state index contributed by atoms with van der Waals surface area (Å²) >= 11 is 9.73. The Kier molecular flexibility index (Phi) is 3.69. The molecule has 3 heterocycles. The van der Waals surface area contributed by atoms with Gasteiger partial charge in [-0.15, -0.1) is 22.7 Å². The Bertz CT molecular complexity index is 565. The molecule has 96 valence electrons.